The lowest BCUT2D eigenvalue weighted by atomic mass is 10.1. The smallest absolute Gasteiger partial charge is 0.123 e. The van der Waals surface area contributed by atoms with Crippen molar-refractivity contribution in [3.8, 4) is 0 Å². The molecule has 0 heterocycles. The molecule has 1 nitrogen and oxygen atoms in total. The second-order valence-electron chi connectivity index (χ2n) is 5.07. The van der Waals surface area contributed by atoms with Crippen molar-refractivity contribution in [2.24, 2.45) is 0 Å². The van der Waals surface area contributed by atoms with Crippen LogP contribution in [-0.2, 0) is 12.8 Å². The summed E-state index contributed by atoms with van der Waals surface area (Å²) in [5.74, 6) is -0.170. The third-order valence-electron chi connectivity index (χ3n) is 3.25. The SMILES string of the molecule is CC(Cc1ccc(Cl)cc1)NCCc1cccc(F)c1. The first kappa shape index (κ1) is 15.0. The summed E-state index contributed by atoms with van der Waals surface area (Å²) >= 11 is 5.87. The molecule has 2 aromatic rings. The number of hydrogen-bond donors (Lipinski definition) is 1. The first-order valence-corrected chi connectivity index (χ1v) is 7.23. The van der Waals surface area contributed by atoms with Crippen LogP contribution in [0.15, 0.2) is 48.5 Å². The van der Waals surface area contributed by atoms with E-state index < -0.39 is 0 Å². The van der Waals surface area contributed by atoms with Crippen molar-refractivity contribution in [2.75, 3.05) is 6.54 Å². The van der Waals surface area contributed by atoms with Crippen LogP contribution in [0.4, 0.5) is 4.39 Å². The highest BCUT2D eigenvalue weighted by molar-refractivity contribution is 6.30. The molecule has 0 fully saturated rings. The van der Waals surface area contributed by atoms with Crippen molar-refractivity contribution in [3.63, 3.8) is 0 Å². The van der Waals surface area contributed by atoms with Gasteiger partial charge in [-0.15, -0.1) is 0 Å². The molecule has 3 heteroatoms. The lowest BCUT2D eigenvalue weighted by Gasteiger charge is -2.14. The van der Waals surface area contributed by atoms with Crippen LogP contribution in [0.2, 0.25) is 5.02 Å². The highest BCUT2D eigenvalue weighted by Crippen LogP contribution is 2.11. The van der Waals surface area contributed by atoms with E-state index in [1.54, 1.807) is 12.1 Å². The molecule has 0 aliphatic heterocycles. The fourth-order valence-electron chi connectivity index (χ4n) is 2.20. The van der Waals surface area contributed by atoms with Crippen molar-refractivity contribution in [2.45, 2.75) is 25.8 Å². The topological polar surface area (TPSA) is 12.0 Å². The van der Waals surface area contributed by atoms with Crippen molar-refractivity contribution in [3.05, 3.63) is 70.5 Å². The Morgan fingerprint density at radius 2 is 1.85 bits per heavy atom. The Balaban J connectivity index is 1.75. The zero-order chi connectivity index (χ0) is 14.4. The van der Waals surface area contributed by atoms with E-state index in [9.17, 15) is 4.39 Å². The van der Waals surface area contributed by atoms with Gasteiger partial charge in [-0.05, 0) is 61.7 Å². The van der Waals surface area contributed by atoms with Gasteiger partial charge in [0, 0.05) is 11.1 Å². The zero-order valence-corrected chi connectivity index (χ0v) is 12.3. The standard InChI is InChI=1S/C17H19ClFN/c1-13(11-15-5-7-16(18)8-6-15)20-10-9-14-3-2-4-17(19)12-14/h2-8,12-13,20H,9-11H2,1H3. The number of benzene rings is 2. The molecule has 0 amide bonds. The van der Waals surface area contributed by atoms with Crippen LogP contribution in [0.1, 0.15) is 18.1 Å². The van der Waals surface area contributed by atoms with Crippen LogP contribution in [0, 0.1) is 5.82 Å². The summed E-state index contributed by atoms with van der Waals surface area (Å²) in [5, 5.41) is 4.22. The Hall–Kier alpha value is -1.38. The average Bonchev–Trinajstić information content (AvgIpc) is 2.41. The maximum atomic E-state index is 13.0. The van der Waals surface area contributed by atoms with E-state index in [4.69, 9.17) is 11.6 Å². The van der Waals surface area contributed by atoms with Crippen LogP contribution in [-0.4, -0.2) is 12.6 Å². The monoisotopic (exact) mass is 291 g/mol. The fraction of sp³-hybridized carbons (Fsp3) is 0.294. The van der Waals surface area contributed by atoms with Crippen LogP contribution < -0.4 is 5.32 Å². The minimum Gasteiger partial charge on any atom is -0.314 e. The van der Waals surface area contributed by atoms with E-state index in [0.29, 0.717) is 6.04 Å². The van der Waals surface area contributed by atoms with Gasteiger partial charge in [0.2, 0.25) is 0 Å². The Labute approximate surface area is 124 Å². The highest BCUT2D eigenvalue weighted by atomic mass is 35.5. The van der Waals surface area contributed by atoms with Crippen molar-refractivity contribution >= 4 is 11.6 Å². The molecule has 0 radical (unpaired) electrons. The van der Waals surface area contributed by atoms with Gasteiger partial charge in [0.15, 0.2) is 0 Å². The molecule has 0 saturated heterocycles. The predicted octanol–water partition coefficient (Wildman–Crippen LogP) is 4.24. The van der Waals surface area contributed by atoms with Gasteiger partial charge in [-0.2, -0.15) is 0 Å². The summed E-state index contributed by atoms with van der Waals surface area (Å²) in [7, 11) is 0. The Kier molecular flexibility index (Phi) is 5.57. The van der Waals surface area contributed by atoms with Gasteiger partial charge in [0.1, 0.15) is 5.82 Å². The molecular weight excluding hydrogens is 273 g/mol. The molecule has 0 saturated carbocycles. The third-order valence-corrected chi connectivity index (χ3v) is 3.50. The van der Waals surface area contributed by atoms with Gasteiger partial charge in [0.25, 0.3) is 0 Å². The second kappa shape index (κ2) is 7.41. The molecule has 0 bridgehead atoms. The van der Waals surface area contributed by atoms with Crippen molar-refractivity contribution in [1.82, 2.24) is 5.32 Å². The fourth-order valence-corrected chi connectivity index (χ4v) is 2.33. The molecule has 0 aliphatic rings. The molecule has 20 heavy (non-hydrogen) atoms. The van der Waals surface area contributed by atoms with Gasteiger partial charge >= 0.3 is 0 Å². The van der Waals surface area contributed by atoms with Gasteiger partial charge in [-0.1, -0.05) is 35.9 Å². The van der Waals surface area contributed by atoms with E-state index in [1.807, 2.05) is 30.3 Å². The average molecular weight is 292 g/mol. The molecule has 0 aromatic heterocycles. The summed E-state index contributed by atoms with van der Waals surface area (Å²) in [6, 6.07) is 15.1. The third kappa shape index (κ3) is 4.95. The lowest BCUT2D eigenvalue weighted by molar-refractivity contribution is 0.547. The zero-order valence-electron chi connectivity index (χ0n) is 11.6. The van der Waals surface area contributed by atoms with Crippen LogP contribution in [0.5, 0.6) is 0 Å². The summed E-state index contributed by atoms with van der Waals surface area (Å²) < 4.78 is 13.0. The highest BCUT2D eigenvalue weighted by Gasteiger charge is 2.03. The summed E-state index contributed by atoms with van der Waals surface area (Å²) in [4.78, 5) is 0. The molecule has 106 valence electrons. The van der Waals surface area contributed by atoms with Gasteiger partial charge < -0.3 is 5.32 Å². The lowest BCUT2D eigenvalue weighted by Crippen LogP contribution is -2.29. The molecule has 1 atom stereocenters. The number of hydrogen-bond acceptors (Lipinski definition) is 1. The van der Waals surface area contributed by atoms with Crippen LogP contribution >= 0.6 is 11.6 Å². The maximum Gasteiger partial charge on any atom is 0.123 e. The van der Waals surface area contributed by atoms with Crippen molar-refractivity contribution < 1.29 is 4.39 Å². The molecule has 0 spiro atoms. The summed E-state index contributed by atoms with van der Waals surface area (Å²) in [5.41, 5.74) is 2.29. The predicted molar refractivity (Wildman–Crippen MR) is 82.7 cm³/mol. The molecule has 2 aromatic carbocycles. The number of rotatable bonds is 6. The van der Waals surface area contributed by atoms with Gasteiger partial charge in [-0.25, -0.2) is 4.39 Å². The second-order valence-corrected chi connectivity index (χ2v) is 5.50. The molecule has 2 rings (SSSR count). The Morgan fingerprint density at radius 1 is 1.10 bits per heavy atom. The van der Waals surface area contributed by atoms with Crippen LogP contribution in [0.25, 0.3) is 0 Å². The number of nitrogens with one attached hydrogen (secondary N) is 1. The van der Waals surface area contributed by atoms with Crippen molar-refractivity contribution in [1.29, 1.82) is 0 Å². The first-order chi connectivity index (χ1) is 9.63. The molecule has 0 aliphatic carbocycles. The number of halogens is 2. The van der Waals surface area contributed by atoms with E-state index in [2.05, 4.69) is 12.2 Å². The van der Waals surface area contributed by atoms with Gasteiger partial charge in [-0.3, -0.25) is 0 Å². The summed E-state index contributed by atoms with van der Waals surface area (Å²) in [6.45, 7) is 3.00. The van der Waals surface area contributed by atoms with E-state index in [1.165, 1.54) is 11.6 Å². The minimum atomic E-state index is -0.170. The largest absolute Gasteiger partial charge is 0.314 e. The quantitative estimate of drug-likeness (QED) is 0.839. The molecule has 1 unspecified atom stereocenters. The minimum absolute atomic E-state index is 0.170. The van der Waals surface area contributed by atoms with Crippen LogP contribution in [0.3, 0.4) is 0 Å². The van der Waals surface area contributed by atoms with E-state index in [-0.39, 0.29) is 5.82 Å². The Morgan fingerprint density at radius 3 is 2.55 bits per heavy atom. The first-order valence-electron chi connectivity index (χ1n) is 6.86. The molecule has 1 N–H and O–H groups in total. The maximum absolute atomic E-state index is 13.0. The molecular formula is C17H19ClFN. The van der Waals surface area contributed by atoms with Gasteiger partial charge in [0.05, 0.1) is 0 Å². The normalized spacial score (nSPS) is 12.3. The Bertz CT molecular complexity index is 539. The van der Waals surface area contributed by atoms with E-state index in [0.717, 1.165) is 30.0 Å². The van der Waals surface area contributed by atoms with E-state index >= 15 is 0 Å². The summed E-state index contributed by atoms with van der Waals surface area (Å²) in [6.07, 6.45) is 1.79.